The molecule has 1 heterocycles. The fourth-order valence-electron chi connectivity index (χ4n) is 0.643. The van der Waals surface area contributed by atoms with Gasteiger partial charge in [0, 0.05) is 0 Å². The van der Waals surface area contributed by atoms with E-state index in [4.69, 9.17) is 14.9 Å². The van der Waals surface area contributed by atoms with Gasteiger partial charge in [0.2, 0.25) is 0 Å². The van der Waals surface area contributed by atoms with E-state index >= 15 is 0 Å². The van der Waals surface area contributed by atoms with Crippen molar-refractivity contribution in [3.63, 3.8) is 0 Å². The predicted molar refractivity (Wildman–Crippen MR) is 26.9 cm³/mol. The Bertz CT molecular complexity index is 73.7. The Hall–Kier alpha value is -0.120. The predicted octanol–water partition coefficient (Wildman–Crippen LogP) is -0.711. The van der Waals surface area contributed by atoms with Crippen molar-refractivity contribution < 1.29 is 14.9 Å². The molecule has 47 valence electrons. The molecule has 0 aliphatic carbocycles. The second-order valence-corrected chi connectivity index (χ2v) is 1.96. The van der Waals surface area contributed by atoms with Gasteiger partial charge in [-0.25, -0.2) is 0 Å². The SMILES string of the molecule is C[C@H]1O[CH][C@@H](O)[C@@H]1O. The molecule has 8 heavy (non-hydrogen) atoms. The Labute approximate surface area is 47.9 Å². The van der Waals surface area contributed by atoms with E-state index in [1.165, 1.54) is 6.61 Å². The standard InChI is InChI=1S/C5H9O3/c1-3-5(7)4(6)2-8-3/h2-7H,1H3/t3-,4-,5-/m1/s1. The van der Waals surface area contributed by atoms with E-state index in [1.807, 2.05) is 0 Å². The Kier molecular flexibility index (Phi) is 1.51. The van der Waals surface area contributed by atoms with Crippen LogP contribution in [0.1, 0.15) is 6.92 Å². The van der Waals surface area contributed by atoms with Crippen LogP contribution in [0.15, 0.2) is 0 Å². The first-order valence-corrected chi connectivity index (χ1v) is 2.57. The van der Waals surface area contributed by atoms with Crippen molar-refractivity contribution in [2.45, 2.75) is 25.2 Å². The number of hydrogen-bond donors (Lipinski definition) is 2. The molecule has 0 amide bonds. The summed E-state index contributed by atoms with van der Waals surface area (Å²) in [4.78, 5) is 0. The highest BCUT2D eigenvalue weighted by Gasteiger charge is 2.31. The van der Waals surface area contributed by atoms with Crippen LogP contribution in [0.2, 0.25) is 0 Å². The molecular formula is C5H9O3. The lowest BCUT2D eigenvalue weighted by molar-refractivity contribution is 0.0318. The van der Waals surface area contributed by atoms with Gasteiger partial charge in [-0.15, -0.1) is 0 Å². The summed E-state index contributed by atoms with van der Waals surface area (Å²) in [6, 6.07) is 0. The van der Waals surface area contributed by atoms with Gasteiger partial charge in [0.05, 0.1) is 6.10 Å². The van der Waals surface area contributed by atoms with Gasteiger partial charge >= 0.3 is 0 Å². The van der Waals surface area contributed by atoms with Crippen LogP contribution in [-0.4, -0.2) is 28.5 Å². The molecule has 0 aromatic heterocycles. The maximum absolute atomic E-state index is 8.86. The number of aliphatic hydroxyl groups excluding tert-OH is 2. The zero-order chi connectivity index (χ0) is 6.15. The van der Waals surface area contributed by atoms with Crippen LogP contribution in [0, 0.1) is 6.61 Å². The zero-order valence-electron chi connectivity index (χ0n) is 4.61. The van der Waals surface area contributed by atoms with E-state index < -0.39 is 12.2 Å². The van der Waals surface area contributed by atoms with Crippen LogP contribution in [0.3, 0.4) is 0 Å². The molecule has 0 saturated carbocycles. The van der Waals surface area contributed by atoms with Gasteiger partial charge in [0.25, 0.3) is 0 Å². The van der Waals surface area contributed by atoms with Gasteiger partial charge in [0.1, 0.15) is 18.8 Å². The van der Waals surface area contributed by atoms with Crippen LogP contribution in [-0.2, 0) is 4.74 Å². The van der Waals surface area contributed by atoms with Crippen LogP contribution in [0.5, 0.6) is 0 Å². The number of ether oxygens (including phenoxy) is 1. The van der Waals surface area contributed by atoms with Crippen LogP contribution in [0.25, 0.3) is 0 Å². The highest BCUT2D eigenvalue weighted by Crippen LogP contribution is 2.16. The highest BCUT2D eigenvalue weighted by molar-refractivity contribution is 4.87. The third-order valence-electron chi connectivity index (χ3n) is 1.26. The molecule has 0 bridgehead atoms. The average Bonchev–Trinajstić information content (AvgIpc) is 1.98. The molecule has 1 radical (unpaired) electrons. The summed E-state index contributed by atoms with van der Waals surface area (Å²) in [6.07, 6.45) is -1.80. The minimum atomic E-state index is -0.801. The lowest BCUT2D eigenvalue weighted by Crippen LogP contribution is -2.26. The van der Waals surface area contributed by atoms with Gasteiger partial charge < -0.3 is 14.9 Å². The van der Waals surface area contributed by atoms with E-state index in [1.54, 1.807) is 6.92 Å². The highest BCUT2D eigenvalue weighted by atomic mass is 16.5. The number of aliphatic hydroxyl groups is 2. The van der Waals surface area contributed by atoms with Crippen molar-refractivity contribution in [1.29, 1.82) is 0 Å². The summed E-state index contributed by atoms with van der Waals surface area (Å²) in [5, 5.41) is 17.6. The summed E-state index contributed by atoms with van der Waals surface area (Å²) in [7, 11) is 0. The molecule has 1 aliphatic heterocycles. The number of hydrogen-bond acceptors (Lipinski definition) is 3. The van der Waals surface area contributed by atoms with E-state index in [0.717, 1.165) is 0 Å². The van der Waals surface area contributed by atoms with Gasteiger partial charge in [-0.1, -0.05) is 0 Å². The molecule has 0 spiro atoms. The maximum Gasteiger partial charge on any atom is 0.115 e. The fraction of sp³-hybridized carbons (Fsp3) is 0.800. The smallest absolute Gasteiger partial charge is 0.115 e. The molecule has 3 nitrogen and oxygen atoms in total. The zero-order valence-corrected chi connectivity index (χ0v) is 4.61. The summed E-state index contributed by atoms with van der Waals surface area (Å²) in [6.45, 7) is 2.95. The first-order chi connectivity index (χ1) is 3.72. The number of rotatable bonds is 0. The minimum absolute atomic E-state index is 0.259. The molecule has 3 atom stereocenters. The van der Waals surface area contributed by atoms with Crippen molar-refractivity contribution >= 4 is 0 Å². The normalized spacial score (nSPS) is 47.6. The fourth-order valence-corrected chi connectivity index (χ4v) is 0.643. The summed E-state index contributed by atoms with van der Waals surface area (Å²) < 4.78 is 4.75. The summed E-state index contributed by atoms with van der Waals surface area (Å²) in [5.41, 5.74) is 0. The van der Waals surface area contributed by atoms with Crippen molar-refractivity contribution in [3.05, 3.63) is 6.61 Å². The molecule has 1 saturated heterocycles. The van der Waals surface area contributed by atoms with Crippen molar-refractivity contribution in [1.82, 2.24) is 0 Å². The molecule has 1 rings (SSSR count). The lowest BCUT2D eigenvalue weighted by atomic mass is 10.2. The quantitative estimate of drug-likeness (QED) is 0.440. The molecule has 3 heteroatoms. The van der Waals surface area contributed by atoms with Crippen molar-refractivity contribution in [2.24, 2.45) is 0 Å². The third-order valence-corrected chi connectivity index (χ3v) is 1.26. The van der Waals surface area contributed by atoms with Crippen molar-refractivity contribution in [3.8, 4) is 0 Å². The summed E-state index contributed by atoms with van der Waals surface area (Å²) >= 11 is 0. The molecule has 1 aliphatic rings. The molecule has 1 fully saturated rings. The summed E-state index contributed by atoms with van der Waals surface area (Å²) in [5.74, 6) is 0. The minimum Gasteiger partial charge on any atom is -0.388 e. The molecule has 0 aromatic rings. The Morgan fingerprint density at radius 2 is 2.12 bits per heavy atom. The monoisotopic (exact) mass is 117 g/mol. The largest absolute Gasteiger partial charge is 0.388 e. The van der Waals surface area contributed by atoms with Crippen LogP contribution < -0.4 is 0 Å². The average molecular weight is 117 g/mol. The van der Waals surface area contributed by atoms with Crippen LogP contribution >= 0.6 is 0 Å². The van der Waals surface area contributed by atoms with E-state index in [2.05, 4.69) is 0 Å². The Morgan fingerprint density at radius 3 is 2.25 bits per heavy atom. The van der Waals surface area contributed by atoms with Crippen LogP contribution in [0.4, 0.5) is 0 Å². The van der Waals surface area contributed by atoms with Crippen molar-refractivity contribution in [2.75, 3.05) is 0 Å². The molecular weight excluding hydrogens is 108 g/mol. The third kappa shape index (κ3) is 0.844. The van der Waals surface area contributed by atoms with E-state index in [0.29, 0.717) is 0 Å². The van der Waals surface area contributed by atoms with Gasteiger partial charge in [0.15, 0.2) is 0 Å². The first-order valence-electron chi connectivity index (χ1n) is 2.57. The van der Waals surface area contributed by atoms with Gasteiger partial charge in [-0.3, -0.25) is 0 Å². The topological polar surface area (TPSA) is 49.7 Å². The first kappa shape index (κ1) is 6.01. The van der Waals surface area contributed by atoms with E-state index in [-0.39, 0.29) is 6.10 Å². The second-order valence-electron chi connectivity index (χ2n) is 1.96. The molecule has 0 unspecified atom stereocenters. The van der Waals surface area contributed by atoms with Gasteiger partial charge in [-0.2, -0.15) is 0 Å². The Morgan fingerprint density at radius 1 is 1.50 bits per heavy atom. The van der Waals surface area contributed by atoms with Gasteiger partial charge in [-0.05, 0) is 6.92 Å². The second kappa shape index (κ2) is 2.01. The molecule has 2 N–H and O–H groups in total. The van der Waals surface area contributed by atoms with E-state index in [9.17, 15) is 0 Å². The lowest BCUT2D eigenvalue weighted by Gasteiger charge is -2.06. The maximum atomic E-state index is 8.86. The Balaban J connectivity index is 2.44. The molecule has 0 aromatic carbocycles.